The Labute approximate surface area is 128 Å². The quantitative estimate of drug-likeness (QED) is 0.906. The number of benzene rings is 1. The summed E-state index contributed by atoms with van der Waals surface area (Å²) in [5.41, 5.74) is 5.89. The van der Waals surface area contributed by atoms with E-state index in [4.69, 9.17) is 5.73 Å². The molecule has 0 saturated carbocycles. The number of hydrogen-bond acceptors (Lipinski definition) is 4. The normalized spacial score (nSPS) is 17.0. The van der Waals surface area contributed by atoms with Crippen LogP contribution in [0.1, 0.15) is 23.2 Å². The number of piperidine rings is 1. The lowest BCUT2D eigenvalue weighted by Crippen LogP contribution is -2.40. The SMILES string of the molecule is NCC1CCN(C(=O)c2ccc(S(=O)(=O)C(F)F)cc2)CC1. The first-order valence-electron chi connectivity index (χ1n) is 6.97. The van der Waals surface area contributed by atoms with Gasteiger partial charge in [0.2, 0.25) is 9.84 Å². The summed E-state index contributed by atoms with van der Waals surface area (Å²) >= 11 is 0. The summed E-state index contributed by atoms with van der Waals surface area (Å²) in [6.45, 7) is 1.79. The van der Waals surface area contributed by atoms with Gasteiger partial charge in [0.05, 0.1) is 4.90 Å². The van der Waals surface area contributed by atoms with Gasteiger partial charge in [-0.2, -0.15) is 8.78 Å². The van der Waals surface area contributed by atoms with Crippen LogP contribution in [0, 0.1) is 5.92 Å². The van der Waals surface area contributed by atoms with Gasteiger partial charge >= 0.3 is 5.76 Å². The van der Waals surface area contributed by atoms with Crippen molar-refractivity contribution in [1.82, 2.24) is 4.90 Å². The van der Waals surface area contributed by atoms with Crippen LogP contribution in [0.5, 0.6) is 0 Å². The second-order valence-electron chi connectivity index (χ2n) is 5.30. The van der Waals surface area contributed by atoms with Gasteiger partial charge < -0.3 is 10.6 Å². The van der Waals surface area contributed by atoms with E-state index in [-0.39, 0.29) is 5.91 Å². The van der Waals surface area contributed by atoms with E-state index in [2.05, 4.69) is 0 Å². The van der Waals surface area contributed by atoms with Gasteiger partial charge in [-0.25, -0.2) is 8.42 Å². The molecular formula is C14H18F2N2O3S. The monoisotopic (exact) mass is 332 g/mol. The molecule has 2 N–H and O–H groups in total. The van der Waals surface area contributed by atoms with Crippen molar-refractivity contribution in [2.45, 2.75) is 23.5 Å². The van der Waals surface area contributed by atoms with E-state index < -0.39 is 20.5 Å². The van der Waals surface area contributed by atoms with Gasteiger partial charge in [0.25, 0.3) is 5.91 Å². The van der Waals surface area contributed by atoms with Gasteiger partial charge in [-0.1, -0.05) is 0 Å². The highest BCUT2D eigenvalue weighted by molar-refractivity contribution is 7.91. The van der Waals surface area contributed by atoms with E-state index in [0.29, 0.717) is 31.1 Å². The van der Waals surface area contributed by atoms with E-state index >= 15 is 0 Å². The zero-order chi connectivity index (χ0) is 16.3. The molecule has 22 heavy (non-hydrogen) atoms. The number of likely N-dealkylation sites (tertiary alicyclic amines) is 1. The average Bonchev–Trinajstić information content (AvgIpc) is 2.54. The number of nitrogens with two attached hydrogens (primary N) is 1. The highest BCUT2D eigenvalue weighted by Gasteiger charge is 2.27. The second kappa shape index (κ2) is 6.70. The Kier molecular flexibility index (Phi) is 5.12. The summed E-state index contributed by atoms with van der Waals surface area (Å²) in [7, 11) is -4.63. The van der Waals surface area contributed by atoms with E-state index in [1.807, 2.05) is 0 Å². The molecule has 8 heteroatoms. The highest BCUT2D eigenvalue weighted by atomic mass is 32.2. The standard InChI is InChI=1S/C14H18F2N2O3S/c15-14(16)22(20,21)12-3-1-11(2-4-12)13(19)18-7-5-10(9-17)6-8-18/h1-4,10,14H,5-9,17H2. The maximum atomic E-state index is 12.4. The van der Waals surface area contributed by atoms with Gasteiger partial charge in [0.15, 0.2) is 0 Å². The summed E-state index contributed by atoms with van der Waals surface area (Å²) < 4.78 is 47.5. The number of nitrogens with zero attached hydrogens (tertiary/aromatic N) is 1. The molecule has 5 nitrogen and oxygen atoms in total. The number of carbonyl (C=O) groups excluding carboxylic acids is 1. The van der Waals surface area contributed by atoms with E-state index in [1.54, 1.807) is 4.90 Å². The molecule has 0 atom stereocenters. The maximum Gasteiger partial charge on any atom is 0.341 e. The fourth-order valence-corrected chi connectivity index (χ4v) is 3.17. The number of sulfone groups is 1. The molecule has 0 aliphatic carbocycles. The third kappa shape index (κ3) is 3.44. The first kappa shape index (κ1) is 16.8. The van der Waals surface area contributed by atoms with Crippen LogP contribution in [0.3, 0.4) is 0 Å². The Morgan fingerprint density at radius 3 is 2.23 bits per heavy atom. The van der Waals surface area contributed by atoms with Crippen molar-refractivity contribution in [2.75, 3.05) is 19.6 Å². The molecule has 0 bridgehead atoms. The summed E-state index contributed by atoms with van der Waals surface area (Å²) in [5.74, 6) is -3.27. The van der Waals surface area contributed by atoms with E-state index in [0.717, 1.165) is 25.0 Å². The van der Waals surface area contributed by atoms with Crippen LogP contribution in [-0.4, -0.2) is 44.6 Å². The van der Waals surface area contributed by atoms with Crippen molar-refractivity contribution in [2.24, 2.45) is 11.7 Å². The Hall–Kier alpha value is -1.54. The lowest BCUT2D eigenvalue weighted by Gasteiger charge is -2.31. The van der Waals surface area contributed by atoms with Gasteiger partial charge in [0, 0.05) is 18.7 Å². The smallest absolute Gasteiger partial charge is 0.339 e. The van der Waals surface area contributed by atoms with E-state index in [9.17, 15) is 22.0 Å². The van der Waals surface area contributed by atoms with Crippen molar-refractivity contribution in [3.8, 4) is 0 Å². The number of alkyl halides is 2. The molecule has 0 spiro atoms. The third-order valence-corrected chi connectivity index (χ3v) is 5.30. The van der Waals surface area contributed by atoms with Crippen LogP contribution >= 0.6 is 0 Å². The van der Waals surface area contributed by atoms with Crippen LogP contribution in [0.2, 0.25) is 0 Å². The van der Waals surface area contributed by atoms with Crippen molar-refractivity contribution >= 4 is 15.7 Å². The first-order valence-corrected chi connectivity index (χ1v) is 8.52. The minimum absolute atomic E-state index is 0.225. The topological polar surface area (TPSA) is 80.5 Å². The molecule has 1 aliphatic heterocycles. The minimum atomic E-state index is -4.63. The van der Waals surface area contributed by atoms with Crippen LogP contribution in [-0.2, 0) is 9.84 Å². The maximum absolute atomic E-state index is 12.4. The molecule has 1 saturated heterocycles. The molecule has 0 unspecified atom stereocenters. The molecule has 0 aromatic heterocycles. The van der Waals surface area contributed by atoms with Gasteiger partial charge in [0.1, 0.15) is 0 Å². The third-order valence-electron chi connectivity index (χ3n) is 3.90. The van der Waals surface area contributed by atoms with Crippen LogP contribution in [0.15, 0.2) is 29.2 Å². The van der Waals surface area contributed by atoms with Crippen molar-refractivity contribution in [3.05, 3.63) is 29.8 Å². The molecule has 1 amide bonds. The highest BCUT2D eigenvalue weighted by Crippen LogP contribution is 2.21. The Balaban J connectivity index is 2.09. The lowest BCUT2D eigenvalue weighted by atomic mass is 9.96. The van der Waals surface area contributed by atoms with Crippen LogP contribution in [0.4, 0.5) is 8.78 Å². The number of carbonyl (C=O) groups is 1. The predicted molar refractivity (Wildman–Crippen MR) is 77.3 cm³/mol. The zero-order valence-electron chi connectivity index (χ0n) is 11.9. The summed E-state index contributed by atoms with van der Waals surface area (Å²) in [5, 5.41) is 0. The molecule has 2 rings (SSSR count). The molecule has 1 aliphatic rings. The lowest BCUT2D eigenvalue weighted by molar-refractivity contribution is 0.0693. The Bertz CT molecular complexity index is 624. The molecule has 1 aromatic carbocycles. The summed E-state index contributed by atoms with van der Waals surface area (Å²) in [6, 6.07) is 4.63. The number of amides is 1. The fourth-order valence-electron chi connectivity index (χ4n) is 2.44. The van der Waals surface area contributed by atoms with Crippen molar-refractivity contribution < 1.29 is 22.0 Å². The first-order chi connectivity index (χ1) is 10.4. The number of hydrogen-bond donors (Lipinski definition) is 1. The minimum Gasteiger partial charge on any atom is -0.339 e. The van der Waals surface area contributed by atoms with Crippen molar-refractivity contribution in [3.63, 3.8) is 0 Å². The number of halogens is 2. The molecule has 1 aromatic rings. The van der Waals surface area contributed by atoms with Gasteiger partial charge in [-0.3, -0.25) is 4.79 Å². The molecule has 122 valence electrons. The van der Waals surface area contributed by atoms with Gasteiger partial charge in [-0.05, 0) is 49.6 Å². The van der Waals surface area contributed by atoms with Crippen LogP contribution in [0.25, 0.3) is 0 Å². The zero-order valence-corrected chi connectivity index (χ0v) is 12.7. The molecule has 1 fully saturated rings. The molecule has 1 heterocycles. The average molecular weight is 332 g/mol. The predicted octanol–water partition coefficient (Wildman–Crippen LogP) is 1.49. The summed E-state index contributed by atoms with van der Waals surface area (Å²) in [4.78, 5) is 13.5. The molecule has 0 radical (unpaired) electrons. The fraction of sp³-hybridized carbons (Fsp3) is 0.500. The largest absolute Gasteiger partial charge is 0.341 e. The van der Waals surface area contributed by atoms with Crippen LogP contribution < -0.4 is 5.73 Å². The van der Waals surface area contributed by atoms with E-state index in [1.165, 1.54) is 12.1 Å². The second-order valence-corrected chi connectivity index (χ2v) is 7.22. The summed E-state index contributed by atoms with van der Waals surface area (Å²) in [6.07, 6.45) is 1.67. The Morgan fingerprint density at radius 1 is 1.23 bits per heavy atom. The van der Waals surface area contributed by atoms with Crippen molar-refractivity contribution in [1.29, 1.82) is 0 Å². The molecular weight excluding hydrogens is 314 g/mol. The number of rotatable bonds is 4. The van der Waals surface area contributed by atoms with Gasteiger partial charge in [-0.15, -0.1) is 0 Å². The Morgan fingerprint density at radius 2 is 1.77 bits per heavy atom.